The number of methoxy groups -OCH3 is 1. The number of amides is 2. The number of aromatic hydroxyl groups is 1. The number of anilines is 1. The molecule has 2 amide bonds. The second kappa shape index (κ2) is 8.49. The summed E-state index contributed by atoms with van der Waals surface area (Å²) < 4.78 is 10.8. The summed E-state index contributed by atoms with van der Waals surface area (Å²) >= 11 is 0. The van der Waals surface area contributed by atoms with Crippen LogP contribution in [0.25, 0.3) is 0 Å². The van der Waals surface area contributed by atoms with Crippen LogP contribution >= 0.6 is 0 Å². The molecule has 0 spiro atoms. The predicted octanol–water partition coefficient (Wildman–Crippen LogP) is 4.53. The highest BCUT2D eigenvalue weighted by atomic mass is 16.6. The molecule has 0 aromatic heterocycles. The number of carbonyl (C=O) groups excluding carboxylic acids is 2. The molecule has 0 atom stereocenters. The summed E-state index contributed by atoms with van der Waals surface area (Å²) in [7, 11) is 1.61. The van der Waals surface area contributed by atoms with Gasteiger partial charge in [0.15, 0.2) is 0 Å². The second-order valence-corrected chi connectivity index (χ2v) is 8.41. The maximum absolute atomic E-state index is 12.8. The molecule has 0 bridgehead atoms. The van der Waals surface area contributed by atoms with Crippen molar-refractivity contribution in [1.82, 2.24) is 4.90 Å². The Morgan fingerprint density at radius 1 is 1.13 bits per heavy atom. The molecular formula is C24H28N2O5. The van der Waals surface area contributed by atoms with E-state index in [0.29, 0.717) is 25.1 Å². The van der Waals surface area contributed by atoms with E-state index in [4.69, 9.17) is 9.47 Å². The lowest BCUT2D eigenvalue weighted by atomic mass is 9.84. The van der Waals surface area contributed by atoms with Crippen molar-refractivity contribution in [1.29, 1.82) is 0 Å². The molecule has 1 saturated carbocycles. The topological polar surface area (TPSA) is 88.1 Å². The van der Waals surface area contributed by atoms with Crippen LogP contribution in [0.2, 0.25) is 0 Å². The minimum Gasteiger partial charge on any atom is -0.508 e. The highest BCUT2D eigenvalue weighted by Gasteiger charge is 2.36. The minimum atomic E-state index is -0.392. The third-order valence-corrected chi connectivity index (χ3v) is 6.36. The van der Waals surface area contributed by atoms with E-state index in [1.807, 2.05) is 32.0 Å². The van der Waals surface area contributed by atoms with E-state index in [1.54, 1.807) is 18.1 Å². The van der Waals surface area contributed by atoms with Gasteiger partial charge in [-0.25, -0.2) is 4.79 Å². The summed E-state index contributed by atoms with van der Waals surface area (Å²) in [5.74, 6) is 1.18. The van der Waals surface area contributed by atoms with Crippen molar-refractivity contribution in [2.24, 2.45) is 5.92 Å². The first-order chi connectivity index (χ1) is 14.9. The number of nitrogens with zero attached hydrogens (tertiary/aromatic N) is 1. The number of phenolic OH excluding ortho intramolecular Hbond substituents is 1. The zero-order valence-corrected chi connectivity index (χ0v) is 18.1. The number of benzene rings is 2. The summed E-state index contributed by atoms with van der Waals surface area (Å²) in [6.45, 7) is 4.32. The Morgan fingerprint density at radius 3 is 2.58 bits per heavy atom. The molecule has 1 aliphatic heterocycles. The first kappa shape index (κ1) is 21.0. The van der Waals surface area contributed by atoms with Crippen LogP contribution in [0, 0.1) is 19.8 Å². The standard InChI is InChI=1S/C24H28N2O5/c1-14-4-7-17(11-21(14)30-3)25-23(28)16-5-8-18(9-6-16)26-13-20-15(2)10-19(27)12-22(20)31-24(26)29/h4,7,10-12,16,18,27H,5-6,8-9,13H2,1-3H3,(H,25,28). The fourth-order valence-electron chi connectivity index (χ4n) is 4.52. The first-order valence-corrected chi connectivity index (χ1v) is 10.6. The molecule has 4 rings (SSSR count). The lowest BCUT2D eigenvalue weighted by molar-refractivity contribution is -0.121. The van der Waals surface area contributed by atoms with Crippen molar-refractivity contribution in [2.45, 2.75) is 52.1 Å². The molecule has 1 heterocycles. The van der Waals surface area contributed by atoms with Crippen molar-refractivity contribution in [2.75, 3.05) is 12.4 Å². The Labute approximate surface area is 182 Å². The number of fused-ring (bicyclic) bond motifs is 1. The molecule has 0 radical (unpaired) electrons. The molecular weight excluding hydrogens is 396 g/mol. The molecule has 1 fully saturated rings. The zero-order valence-electron chi connectivity index (χ0n) is 18.1. The number of hydrogen-bond acceptors (Lipinski definition) is 5. The molecule has 0 unspecified atom stereocenters. The van der Waals surface area contributed by atoms with E-state index in [2.05, 4.69) is 5.32 Å². The van der Waals surface area contributed by atoms with Gasteiger partial charge in [0.25, 0.3) is 0 Å². The second-order valence-electron chi connectivity index (χ2n) is 8.41. The fourth-order valence-corrected chi connectivity index (χ4v) is 4.52. The van der Waals surface area contributed by atoms with Crippen LogP contribution in [0.1, 0.15) is 42.4 Å². The van der Waals surface area contributed by atoms with Crippen molar-refractivity contribution in [3.8, 4) is 17.2 Å². The van der Waals surface area contributed by atoms with Gasteiger partial charge in [-0.05, 0) is 62.8 Å². The van der Waals surface area contributed by atoms with E-state index >= 15 is 0 Å². The van der Waals surface area contributed by atoms with Gasteiger partial charge in [-0.15, -0.1) is 0 Å². The average Bonchev–Trinajstić information content (AvgIpc) is 2.74. The van der Waals surface area contributed by atoms with E-state index in [-0.39, 0.29) is 23.6 Å². The van der Waals surface area contributed by atoms with Gasteiger partial charge < -0.3 is 24.8 Å². The highest BCUT2D eigenvalue weighted by molar-refractivity contribution is 5.92. The Bertz CT molecular complexity index is 1010. The molecule has 2 aromatic carbocycles. The van der Waals surface area contributed by atoms with Gasteiger partial charge in [0.2, 0.25) is 5.91 Å². The average molecular weight is 424 g/mol. The number of aryl methyl sites for hydroxylation is 2. The van der Waals surface area contributed by atoms with Crippen LogP contribution < -0.4 is 14.8 Å². The van der Waals surface area contributed by atoms with Crippen molar-refractivity contribution in [3.63, 3.8) is 0 Å². The summed E-state index contributed by atoms with van der Waals surface area (Å²) in [5.41, 5.74) is 3.56. The number of nitrogens with one attached hydrogen (secondary N) is 1. The third-order valence-electron chi connectivity index (χ3n) is 6.36. The molecule has 164 valence electrons. The molecule has 7 nitrogen and oxygen atoms in total. The van der Waals surface area contributed by atoms with Crippen LogP contribution in [0.5, 0.6) is 17.2 Å². The molecule has 31 heavy (non-hydrogen) atoms. The van der Waals surface area contributed by atoms with E-state index in [9.17, 15) is 14.7 Å². The van der Waals surface area contributed by atoms with Crippen molar-refractivity contribution in [3.05, 3.63) is 47.0 Å². The minimum absolute atomic E-state index is 0.00208. The van der Waals surface area contributed by atoms with Gasteiger partial charge in [0, 0.05) is 35.3 Å². The Morgan fingerprint density at radius 2 is 1.87 bits per heavy atom. The number of phenols is 1. The maximum atomic E-state index is 12.8. The molecule has 2 N–H and O–H groups in total. The monoisotopic (exact) mass is 424 g/mol. The van der Waals surface area contributed by atoms with Gasteiger partial charge in [0.1, 0.15) is 17.2 Å². The molecule has 1 aliphatic carbocycles. The number of hydrogen-bond donors (Lipinski definition) is 2. The van der Waals surface area contributed by atoms with Crippen LogP contribution in [-0.4, -0.2) is 35.2 Å². The SMILES string of the molecule is COc1cc(NC(=O)C2CCC(N3Cc4c(C)cc(O)cc4OC3=O)CC2)ccc1C. The van der Waals surface area contributed by atoms with Gasteiger partial charge in [-0.1, -0.05) is 6.07 Å². The highest BCUT2D eigenvalue weighted by Crippen LogP contribution is 2.37. The first-order valence-electron chi connectivity index (χ1n) is 10.6. The summed E-state index contributed by atoms with van der Waals surface area (Å²) in [6.07, 6.45) is 2.53. The zero-order chi connectivity index (χ0) is 22.1. The van der Waals surface area contributed by atoms with Crippen LogP contribution in [0.15, 0.2) is 30.3 Å². The lowest BCUT2D eigenvalue weighted by Crippen LogP contribution is -2.46. The summed E-state index contributed by atoms with van der Waals surface area (Å²) in [5, 5.41) is 12.7. The van der Waals surface area contributed by atoms with Gasteiger partial charge in [-0.3, -0.25) is 4.79 Å². The molecule has 7 heteroatoms. The fraction of sp³-hybridized carbons (Fsp3) is 0.417. The normalized spacial score (nSPS) is 20.6. The van der Waals surface area contributed by atoms with Crippen LogP contribution in [-0.2, 0) is 11.3 Å². The van der Waals surface area contributed by atoms with Crippen molar-refractivity contribution >= 4 is 17.7 Å². The van der Waals surface area contributed by atoms with Gasteiger partial charge in [0.05, 0.1) is 13.7 Å². The Hall–Kier alpha value is -3.22. The number of rotatable bonds is 4. The van der Waals surface area contributed by atoms with E-state index in [1.165, 1.54) is 6.07 Å². The number of ether oxygens (including phenoxy) is 2. The smallest absolute Gasteiger partial charge is 0.415 e. The Balaban J connectivity index is 1.37. The maximum Gasteiger partial charge on any atom is 0.415 e. The van der Waals surface area contributed by atoms with Gasteiger partial charge >= 0.3 is 6.09 Å². The Kier molecular flexibility index (Phi) is 5.76. The summed E-state index contributed by atoms with van der Waals surface area (Å²) in [4.78, 5) is 27.1. The number of carbonyl (C=O) groups is 2. The van der Waals surface area contributed by atoms with Crippen LogP contribution in [0.4, 0.5) is 10.5 Å². The third kappa shape index (κ3) is 4.31. The quantitative estimate of drug-likeness (QED) is 0.753. The predicted molar refractivity (Wildman–Crippen MR) is 117 cm³/mol. The van der Waals surface area contributed by atoms with Crippen molar-refractivity contribution < 1.29 is 24.2 Å². The largest absolute Gasteiger partial charge is 0.508 e. The van der Waals surface area contributed by atoms with Crippen LogP contribution in [0.3, 0.4) is 0 Å². The van der Waals surface area contributed by atoms with E-state index in [0.717, 1.165) is 41.0 Å². The molecule has 2 aliphatic rings. The molecule has 2 aromatic rings. The van der Waals surface area contributed by atoms with E-state index < -0.39 is 6.09 Å². The summed E-state index contributed by atoms with van der Waals surface area (Å²) in [6, 6.07) is 8.84. The molecule has 0 saturated heterocycles. The van der Waals surface area contributed by atoms with Gasteiger partial charge in [-0.2, -0.15) is 0 Å². The lowest BCUT2D eigenvalue weighted by Gasteiger charge is -2.38.